The van der Waals surface area contributed by atoms with Crippen LogP contribution in [0.2, 0.25) is 0 Å². The first-order chi connectivity index (χ1) is 16.5. The zero-order chi connectivity index (χ0) is 23.3. The van der Waals surface area contributed by atoms with Gasteiger partial charge in [-0.2, -0.15) is 0 Å². The van der Waals surface area contributed by atoms with Crippen molar-refractivity contribution < 1.29 is 0 Å². The van der Waals surface area contributed by atoms with Crippen LogP contribution in [0.5, 0.6) is 0 Å². The first kappa shape index (κ1) is 24.8. The third kappa shape index (κ3) is 4.64. The van der Waals surface area contributed by atoms with Gasteiger partial charge in [-0.1, -0.05) is 58.0 Å². The molecule has 1 saturated heterocycles. The van der Waals surface area contributed by atoms with Gasteiger partial charge in [0.2, 0.25) is 0 Å². The third-order valence-electron chi connectivity index (χ3n) is 7.43. The number of piperidine rings is 1. The molecule has 0 spiro atoms. The van der Waals surface area contributed by atoms with Crippen molar-refractivity contribution in [3.63, 3.8) is 0 Å². The number of likely N-dealkylation sites (tertiary alicyclic amines) is 1. The van der Waals surface area contributed by atoms with E-state index in [-0.39, 0.29) is 12.4 Å². The highest BCUT2D eigenvalue weighted by Crippen LogP contribution is 2.59. The van der Waals surface area contributed by atoms with Gasteiger partial charge in [-0.15, -0.1) is 22.6 Å². The lowest BCUT2D eigenvalue weighted by atomic mass is 9.95. The molecule has 0 bridgehead atoms. The number of aryl methyl sites for hydroxylation is 1. The fraction of sp³-hybridized carbons (Fsp3) is 0.370. The van der Waals surface area contributed by atoms with Crippen molar-refractivity contribution in [3.8, 4) is 11.4 Å². The van der Waals surface area contributed by atoms with E-state index in [2.05, 4.69) is 96.2 Å². The summed E-state index contributed by atoms with van der Waals surface area (Å²) in [6, 6.07) is 19.4. The topological polar surface area (TPSA) is 46.8 Å². The van der Waals surface area contributed by atoms with E-state index >= 15 is 0 Å². The van der Waals surface area contributed by atoms with E-state index in [9.17, 15) is 0 Å². The molecule has 3 heterocycles. The molecule has 5 nitrogen and oxygen atoms in total. The lowest BCUT2D eigenvalue weighted by Crippen LogP contribution is -2.27. The normalized spacial score (nSPS) is 21.2. The van der Waals surface area contributed by atoms with Gasteiger partial charge >= 0.3 is 0 Å². The third-order valence-corrected chi connectivity index (χ3v) is 9.07. The number of aromatic nitrogens is 4. The van der Waals surface area contributed by atoms with Crippen LogP contribution < -0.4 is 0 Å². The highest BCUT2D eigenvalue weighted by atomic mass is 79.9. The predicted molar refractivity (Wildman–Crippen MR) is 149 cm³/mol. The highest BCUT2D eigenvalue weighted by Gasteiger charge is 2.60. The quantitative estimate of drug-likeness (QED) is 0.193. The number of thioether (sulfide) groups is 1. The minimum absolute atomic E-state index is 0. The summed E-state index contributed by atoms with van der Waals surface area (Å²) < 4.78 is 3.28. The summed E-state index contributed by atoms with van der Waals surface area (Å²) in [5, 5.41) is 11.1. The molecule has 6 rings (SSSR count). The molecule has 1 aliphatic heterocycles. The maximum absolute atomic E-state index is 4.66. The van der Waals surface area contributed by atoms with Crippen molar-refractivity contribution >= 4 is 51.0 Å². The Morgan fingerprint density at radius 1 is 1.09 bits per heavy atom. The number of hydrogen-bond acceptors (Lipinski definition) is 5. The summed E-state index contributed by atoms with van der Waals surface area (Å²) in [7, 11) is 2.06. The minimum atomic E-state index is 0. The Labute approximate surface area is 225 Å². The van der Waals surface area contributed by atoms with Crippen LogP contribution in [0.3, 0.4) is 0 Å². The maximum atomic E-state index is 4.66. The number of benzene rings is 2. The highest BCUT2D eigenvalue weighted by molar-refractivity contribution is 9.10. The van der Waals surface area contributed by atoms with Gasteiger partial charge in [0.1, 0.15) is 0 Å². The van der Waals surface area contributed by atoms with E-state index in [0.717, 1.165) is 62.3 Å². The van der Waals surface area contributed by atoms with E-state index in [1.165, 1.54) is 25.1 Å². The molecule has 1 aliphatic carbocycles. The van der Waals surface area contributed by atoms with E-state index in [1.807, 2.05) is 13.0 Å². The molecule has 35 heavy (non-hydrogen) atoms. The first-order valence-electron chi connectivity index (χ1n) is 11.9. The zero-order valence-corrected chi connectivity index (χ0v) is 23.2. The van der Waals surface area contributed by atoms with Gasteiger partial charge in [-0.25, -0.2) is 0 Å². The lowest BCUT2D eigenvalue weighted by Gasteiger charge is -2.21. The summed E-state index contributed by atoms with van der Waals surface area (Å²) in [6.45, 7) is 5.62. The average molecular weight is 571 g/mol. The fourth-order valence-electron chi connectivity index (χ4n) is 5.56. The number of pyridine rings is 1. The van der Waals surface area contributed by atoms with Gasteiger partial charge in [0.25, 0.3) is 0 Å². The van der Waals surface area contributed by atoms with Gasteiger partial charge in [0.05, 0.1) is 5.52 Å². The SMILES string of the molecule is Cc1ccc2c(-c3nnc(SCCCN4C[C@@H]5C[C@]5(c5ccc(Br)cc5)C4)n3C)cccc2n1.Cl. The summed E-state index contributed by atoms with van der Waals surface area (Å²) in [6.07, 6.45) is 2.51. The summed E-state index contributed by atoms with van der Waals surface area (Å²) in [5.41, 5.74) is 5.04. The number of nitrogens with zero attached hydrogens (tertiary/aromatic N) is 5. The smallest absolute Gasteiger partial charge is 0.191 e. The Hall–Kier alpha value is -1.93. The van der Waals surface area contributed by atoms with Crippen molar-refractivity contribution in [2.45, 2.75) is 30.3 Å². The Bertz CT molecular complexity index is 1360. The van der Waals surface area contributed by atoms with Crippen molar-refractivity contribution in [1.82, 2.24) is 24.6 Å². The molecule has 0 N–H and O–H groups in total. The molecule has 2 atom stereocenters. The van der Waals surface area contributed by atoms with E-state index < -0.39 is 0 Å². The molecule has 2 aliphatic rings. The van der Waals surface area contributed by atoms with E-state index in [0.29, 0.717) is 5.41 Å². The minimum Gasteiger partial charge on any atom is -0.305 e. The van der Waals surface area contributed by atoms with Crippen LogP contribution >= 0.6 is 40.1 Å². The molecular formula is C27H29BrClN5S. The molecule has 0 radical (unpaired) electrons. The Morgan fingerprint density at radius 3 is 2.74 bits per heavy atom. The fourth-order valence-corrected chi connectivity index (χ4v) is 6.66. The summed E-state index contributed by atoms with van der Waals surface area (Å²) in [5.74, 6) is 2.78. The van der Waals surface area contributed by atoms with Gasteiger partial charge in [0.15, 0.2) is 11.0 Å². The molecule has 182 valence electrons. The number of hydrogen-bond donors (Lipinski definition) is 0. The van der Waals surface area contributed by atoms with Crippen LogP contribution in [0.15, 0.2) is 64.2 Å². The molecular weight excluding hydrogens is 542 g/mol. The van der Waals surface area contributed by atoms with Crippen LogP contribution in [0.1, 0.15) is 24.1 Å². The molecule has 2 fully saturated rings. The molecule has 1 saturated carbocycles. The van der Waals surface area contributed by atoms with E-state index in [4.69, 9.17) is 0 Å². The van der Waals surface area contributed by atoms with Gasteiger partial charge in [0, 0.05) is 52.4 Å². The predicted octanol–water partition coefficient (Wildman–Crippen LogP) is 6.28. The first-order valence-corrected chi connectivity index (χ1v) is 13.7. The summed E-state index contributed by atoms with van der Waals surface area (Å²) in [4.78, 5) is 7.32. The molecule has 0 unspecified atom stereocenters. The molecule has 4 aromatic rings. The second-order valence-corrected chi connectivity index (χ2v) is 11.7. The largest absolute Gasteiger partial charge is 0.305 e. The standard InChI is InChI=1S/C27H28BrN5S.ClH/c1-18-7-12-22-23(5-3-6-24(22)29-18)25-30-31-26(32(25)2)34-14-4-13-33-16-20-15-27(20,17-33)19-8-10-21(28)11-9-19;/h3,5-12,20H,4,13-17H2,1-2H3;1H/t20-,27+;/m0./s1. The summed E-state index contributed by atoms with van der Waals surface area (Å²) >= 11 is 5.37. The van der Waals surface area contributed by atoms with Crippen molar-refractivity contribution in [2.75, 3.05) is 25.4 Å². The van der Waals surface area contributed by atoms with Crippen LogP contribution in [0.25, 0.3) is 22.3 Å². The van der Waals surface area contributed by atoms with Crippen molar-refractivity contribution in [3.05, 3.63) is 70.3 Å². The Balaban J connectivity index is 0.00000253. The number of fused-ring (bicyclic) bond motifs is 2. The van der Waals surface area contributed by atoms with Gasteiger partial charge < -0.3 is 9.47 Å². The Morgan fingerprint density at radius 2 is 1.91 bits per heavy atom. The maximum Gasteiger partial charge on any atom is 0.191 e. The molecule has 2 aromatic heterocycles. The number of rotatable bonds is 7. The monoisotopic (exact) mass is 569 g/mol. The molecule has 8 heteroatoms. The van der Waals surface area contributed by atoms with Crippen LogP contribution in [0.4, 0.5) is 0 Å². The van der Waals surface area contributed by atoms with Crippen molar-refractivity contribution in [2.24, 2.45) is 13.0 Å². The van der Waals surface area contributed by atoms with Crippen LogP contribution in [-0.4, -0.2) is 50.0 Å². The molecule has 2 aromatic carbocycles. The van der Waals surface area contributed by atoms with Crippen molar-refractivity contribution in [1.29, 1.82) is 0 Å². The average Bonchev–Trinajstić information content (AvgIpc) is 3.21. The Kier molecular flexibility index (Phi) is 6.96. The van der Waals surface area contributed by atoms with Gasteiger partial charge in [-0.3, -0.25) is 4.98 Å². The second-order valence-electron chi connectivity index (χ2n) is 9.69. The second kappa shape index (κ2) is 9.85. The zero-order valence-electron chi connectivity index (χ0n) is 19.9. The molecule has 0 amide bonds. The van der Waals surface area contributed by atoms with Gasteiger partial charge in [-0.05, 0) is 62.1 Å². The van der Waals surface area contributed by atoms with E-state index in [1.54, 1.807) is 11.8 Å². The number of halogens is 2. The van der Waals surface area contributed by atoms with Crippen LogP contribution in [-0.2, 0) is 12.5 Å². The van der Waals surface area contributed by atoms with Crippen LogP contribution in [0, 0.1) is 12.8 Å². The lowest BCUT2D eigenvalue weighted by molar-refractivity contribution is 0.299.